The molecule has 0 fully saturated rings. The molecule has 0 aliphatic rings. The third-order valence-electron chi connectivity index (χ3n) is 3.50. The summed E-state index contributed by atoms with van der Waals surface area (Å²) in [7, 11) is 0. The summed E-state index contributed by atoms with van der Waals surface area (Å²) in [6.45, 7) is 4.64. The summed E-state index contributed by atoms with van der Waals surface area (Å²) in [5, 5.41) is 0. The van der Waals surface area contributed by atoms with Crippen LogP contribution in [0, 0.1) is 0 Å². The molecule has 0 radical (unpaired) electrons. The molecule has 0 spiro atoms. The average Bonchev–Trinajstić information content (AvgIpc) is 2.57. The van der Waals surface area contributed by atoms with Crippen molar-refractivity contribution in [2.75, 3.05) is 0 Å². The quantitative estimate of drug-likeness (QED) is 0.646. The normalized spacial score (nSPS) is 10.3. The molecular weight excluding hydrogens is 256 g/mol. The molecule has 3 aromatic rings. The number of hydrogen-bond donors (Lipinski definition) is 0. The van der Waals surface area contributed by atoms with Gasteiger partial charge in [0.15, 0.2) is 37.5 Å². The van der Waals surface area contributed by atoms with Crippen LogP contribution in [0.3, 0.4) is 0 Å². The Bertz CT molecular complexity index is 714. The third kappa shape index (κ3) is 3.23. The van der Waals surface area contributed by atoms with Crippen LogP contribution in [-0.2, 0) is 6.54 Å². The summed E-state index contributed by atoms with van der Waals surface area (Å²) in [5.74, 6) is 0. The van der Waals surface area contributed by atoms with E-state index in [1.807, 2.05) is 23.0 Å². The average molecular weight is 274 g/mol. The number of rotatable bonds is 4. The minimum Gasteiger partial charge on any atom is -0.201 e. The molecule has 0 atom stereocenters. The topological polar surface area (TPSA) is 7.76 Å². The van der Waals surface area contributed by atoms with Gasteiger partial charge in [0, 0.05) is 29.8 Å². The molecule has 1 aromatic carbocycles. The predicted molar refractivity (Wildman–Crippen MR) is 84.2 cm³/mol. The van der Waals surface area contributed by atoms with Crippen LogP contribution in [0.25, 0.3) is 17.3 Å². The zero-order valence-corrected chi connectivity index (χ0v) is 11.9. The van der Waals surface area contributed by atoms with E-state index in [-0.39, 0.29) is 0 Å². The Hall–Kier alpha value is -2.74. The molecule has 2 heteroatoms. The minimum atomic E-state index is 0.895. The van der Waals surface area contributed by atoms with Gasteiger partial charge in [0.05, 0.1) is 0 Å². The molecule has 2 nitrogen and oxygen atoms in total. The fourth-order valence-corrected chi connectivity index (χ4v) is 2.30. The van der Waals surface area contributed by atoms with Crippen molar-refractivity contribution in [3.8, 4) is 11.1 Å². The molecule has 0 unspecified atom stereocenters. The van der Waals surface area contributed by atoms with Crippen molar-refractivity contribution in [1.82, 2.24) is 0 Å². The first-order chi connectivity index (χ1) is 10.3. The second kappa shape index (κ2) is 6.14. The lowest BCUT2D eigenvalue weighted by Crippen LogP contribution is -2.32. The second-order valence-electron chi connectivity index (χ2n) is 4.96. The van der Waals surface area contributed by atoms with Crippen molar-refractivity contribution in [1.29, 1.82) is 0 Å². The summed E-state index contributed by atoms with van der Waals surface area (Å²) in [6, 6.07) is 19.0. The first-order valence-electron chi connectivity index (χ1n) is 7.02. The molecule has 21 heavy (non-hydrogen) atoms. The molecule has 0 saturated heterocycles. The maximum atomic E-state index is 3.74. The van der Waals surface area contributed by atoms with E-state index in [1.54, 1.807) is 6.20 Å². The predicted octanol–water partition coefficient (Wildman–Crippen LogP) is 3.08. The number of aromatic nitrogens is 2. The zero-order valence-electron chi connectivity index (χ0n) is 11.9. The van der Waals surface area contributed by atoms with Gasteiger partial charge in [-0.1, -0.05) is 30.3 Å². The van der Waals surface area contributed by atoms with E-state index in [9.17, 15) is 0 Å². The van der Waals surface area contributed by atoms with E-state index in [0.717, 1.165) is 6.54 Å². The summed E-state index contributed by atoms with van der Waals surface area (Å²) in [5.41, 5.74) is 3.73. The number of nitrogens with zero attached hydrogens (tertiary/aromatic N) is 2. The Labute approximate surface area is 125 Å². The summed E-state index contributed by atoms with van der Waals surface area (Å²) < 4.78 is 4.12. The van der Waals surface area contributed by atoms with Crippen molar-refractivity contribution < 1.29 is 9.13 Å². The zero-order chi connectivity index (χ0) is 14.5. The van der Waals surface area contributed by atoms with E-state index >= 15 is 0 Å². The van der Waals surface area contributed by atoms with Crippen molar-refractivity contribution in [2.24, 2.45) is 0 Å². The number of hydrogen-bond acceptors (Lipinski definition) is 0. The van der Waals surface area contributed by atoms with Gasteiger partial charge in [-0.3, -0.25) is 0 Å². The van der Waals surface area contributed by atoms with E-state index in [0.29, 0.717) is 0 Å². The molecule has 0 N–H and O–H groups in total. The first kappa shape index (κ1) is 13.3. The lowest BCUT2D eigenvalue weighted by molar-refractivity contribution is -0.688. The Morgan fingerprint density at radius 2 is 1.33 bits per heavy atom. The smallest absolute Gasteiger partial charge is 0.175 e. The van der Waals surface area contributed by atoms with Gasteiger partial charge in [0.25, 0.3) is 0 Å². The second-order valence-corrected chi connectivity index (χ2v) is 4.96. The van der Waals surface area contributed by atoms with Gasteiger partial charge in [-0.15, -0.1) is 0 Å². The summed E-state index contributed by atoms with van der Waals surface area (Å²) >= 11 is 0. The molecule has 2 aromatic heterocycles. The highest BCUT2D eigenvalue weighted by molar-refractivity contribution is 5.61. The highest BCUT2D eigenvalue weighted by Gasteiger charge is 2.05. The summed E-state index contributed by atoms with van der Waals surface area (Å²) in [4.78, 5) is 0. The fraction of sp³-hybridized carbons (Fsp3) is 0.0526. The van der Waals surface area contributed by atoms with Gasteiger partial charge >= 0.3 is 0 Å². The van der Waals surface area contributed by atoms with Crippen LogP contribution in [0.1, 0.15) is 5.56 Å². The van der Waals surface area contributed by atoms with Crippen LogP contribution in [0.5, 0.6) is 0 Å². The minimum absolute atomic E-state index is 0.895. The van der Waals surface area contributed by atoms with Crippen LogP contribution in [-0.4, -0.2) is 0 Å². The molecule has 3 rings (SSSR count). The molecule has 0 aliphatic carbocycles. The molecular formula is C19H18N2+2. The maximum Gasteiger partial charge on any atom is 0.175 e. The van der Waals surface area contributed by atoms with Gasteiger partial charge < -0.3 is 0 Å². The SMILES string of the molecule is C=C[n+]1ccc(-c2cc[n+](Cc3ccccc3)cc2)cc1. The molecule has 2 heterocycles. The maximum absolute atomic E-state index is 3.74. The standard InChI is InChI=1S/C19H18N2/c1-2-20-12-8-18(9-13-20)19-10-14-21(15-11-19)16-17-6-4-3-5-7-17/h2-15H,1,16H2/q+2. The highest BCUT2D eigenvalue weighted by atomic mass is 14.9. The molecule has 0 amide bonds. The van der Waals surface area contributed by atoms with Crippen LogP contribution < -0.4 is 9.13 Å². The fourth-order valence-electron chi connectivity index (χ4n) is 2.30. The van der Waals surface area contributed by atoms with E-state index in [4.69, 9.17) is 0 Å². The third-order valence-corrected chi connectivity index (χ3v) is 3.50. The number of benzene rings is 1. The van der Waals surface area contributed by atoms with Gasteiger partial charge in [0.1, 0.15) is 0 Å². The van der Waals surface area contributed by atoms with Crippen molar-refractivity contribution in [3.05, 3.63) is 91.5 Å². The van der Waals surface area contributed by atoms with Crippen LogP contribution in [0.4, 0.5) is 0 Å². The monoisotopic (exact) mass is 274 g/mol. The van der Waals surface area contributed by atoms with Crippen molar-refractivity contribution >= 4 is 6.20 Å². The van der Waals surface area contributed by atoms with Gasteiger partial charge in [0.2, 0.25) is 0 Å². The summed E-state index contributed by atoms with van der Waals surface area (Å²) in [6.07, 6.45) is 10.0. The number of pyridine rings is 2. The Morgan fingerprint density at radius 1 is 0.762 bits per heavy atom. The first-order valence-corrected chi connectivity index (χ1v) is 7.02. The van der Waals surface area contributed by atoms with Gasteiger partial charge in [-0.05, 0) is 17.7 Å². The highest BCUT2D eigenvalue weighted by Crippen LogP contribution is 2.15. The Morgan fingerprint density at radius 3 is 1.90 bits per heavy atom. The van der Waals surface area contributed by atoms with Gasteiger partial charge in [-0.25, -0.2) is 4.57 Å². The Kier molecular flexibility index (Phi) is 3.88. The molecule has 102 valence electrons. The molecule has 0 bridgehead atoms. The van der Waals surface area contributed by atoms with E-state index in [2.05, 4.69) is 72.1 Å². The van der Waals surface area contributed by atoms with Crippen LogP contribution in [0.2, 0.25) is 0 Å². The lowest BCUT2D eigenvalue weighted by atomic mass is 10.1. The lowest BCUT2D eigenvalue weighted by Gasteiger charge is -2.01. The van der Waals surface area contributed by atoms with Crippen LogP contribution in [0.15, 0.2) is 86.0 Å². The van der Waals surface area contributed by atoms with Crippen LogP contribution >= 0.6 is 0 Å². The largest absolute Gasteiger partial charge is 0.201 e. The van der Waals surface area contributed by atoms with E-state index < -0.39 is 0 Å². The molecule has 0 saturated carbocycles. The molecule has 0 aliphatic heterocycles. The van der Waals surface area contributed by atoms with E-state index in [1.165, 1.54) is 16.7 Å². The van der Waals surface area contributed by atoms with Crippen molar-refractivity contribution in [2.45, 2.75) is 6.54 Å². The van der Waals surface area contributed by atoms with Crippen molar-refractivity contribution in [3.63, 3.8) is 0 Å². The Balaban J connectivity index is 1.78. The van der Waals surface area contributed by atoms with Gasteiger partial charge in [-0.2, -0.15) is 4.57 Å².